The average molecular weight is 790 g/mol. The lowest BCUT2D eigenvalue weighted by molar-refractivity contribution is 0.464. The number of nitrogens with zero attached hydrogens (tertiary/aromatic N) is 3. The molecular weight excluding hydrogens is 733 g/mol. The molecule has 6 heteroatoms. The van der Waals surface area contributed by atoms with Crippen LogP contribution in [0.2, 0.25) is 0 Å². The molecule has 0 saturated carbocycles. The summed E-state index contributed by atoms with van der Waals surface area (Å²) in [5, 5.41) is -1.13. The predicted molar refractivity (Wildman–Crippen MR) is 247 cm³/mol. The summed E-state index contributed by atoms with van der Waals surface area (Å²) in [6, 6.07) is -2.22. The molecule has 3 aromatic heterocycles. The van der Waals surface area contributed by atoms with Gasteiger partial charge in [0, 0.05) is 73.4 Å². The van der Waals surface area contributed by atoms with Gasteiger partial charge in [0.1, 0.15) is 23.0 Å². The highest BCUT2D eigenvalue weighted by Crippen LogP contribution is 2.42. The highest BCUT2D eigenvalue weighted by atomic mass is 16.5. The van der Waals surface area contributed by atoms with E-state index in [2.05, 4.69) is 0 Å². The number of aromatic nitrogens is 3. The van der Waals surface area contributed by atoms with Crippen LogP contribution in [0.15, 0.2) is 194 Å². The first kappa shape index (κ1) is 17.1. The Hall–Kier alpha value is -7.96. The highest BCUT2D eigenvalue weighted by molar-refractivity contribution is 6.98. The SMILES string of the molecule is [2H]c1c([2H])c([2H])c2c(c1[2H])c1c([2H])c([2H])c([2H])c([2H])c1n2-c1ccc2c(c1)Oc1cc(-n3c4c([2H])c([2H])c([2H])c([2H])c4c4c([2H])c([2H])c([2H])c([2H])c43)cc3c1B2c1ccc(-n2c4c([2H])c([2H])c([2H])c([2H])c4c4c([2H])c([2H])c([2H])c([2H])c42)cc1O3. The Labute approximate surface area is 378 Å². The molecule has 12 aromatic rings. The minimum Gasteiger partial charge on any atom is -0.458 e. The lowest BCUT2D eigenvalue weighted by atomic mass is 9.35. The molecule has 0 saturated heterocycles. The van der Waals surface area contributed by atoms with E-state index in [4.69, 9.17) is 39.6 Å². The molecule has 60 heavy (non-hydrogen) atoms. The quantitative estimate of drug-likeness (QED) is 0.167. The molecule has 5 heterocycles. The van der Waals surface area contributed by atoms with E-state index in [0.717, 1.165) is 0 Å². The van der Waals surface area contributed by atoms with Gasteiger partial charge in [0.05, 0.1) is 71.7 Å². The lowest BCUT2D eigenvalue weighted by Crippen LogP contribution is -2.57. The normalized spacial score (nSPS) is 18.5. The van der Waals surface area contributed by atoms with Crippen LogP contribution in [0, 0.1) is 0 Å². The fraction of sp³-hybridized carbons (Fsp3) is 0. The van der Waals surface area contributed by atoms with E-state index in [1.807, 2.05) is 0 Å². The van der Waals surface area contributed by atoms with Gasteiger partial charge < -0.3 is 23.2 Å². The van der Waals surface area contributed by atoms with E-state index in [1.54, 1.807) is 24.3 Å². The second-order valence-corrected chi connectivity index (χ2v) is 14.3. The van der Waals surface area contributed by atoms with Crippen LogP contribution < -0.4 is 25.9 Å². The zero-order valence-electron chi connectivity index (χ0n) is 54.4. The van der Waals surface area contributed by atoms with Crippen LogP contribution in [0.1, 0.15) is 32.9 Å². The molecule has 0 radical (unpaired) electrons. The van der Waals surface area contributed by atoms with E-state index in [-0.39, 0.29) is 105 Å². The molecule has 0 N–H and O–H groups in total. The van der Waals surface area contributed by atoms with Gasteiger partial charge in [0.25, 0.3) is 6.71 Å². The average Bonchev–Trinajstić information content (AvgIpc) is 1.63. The molecular formula is C54H32BN3O2. The molecule has 0 unspecified atom stereocenters. The molecule has 9 aromatic carbocycles. The van der Waals surface area contributed by atoms with E-state index in [9.17, 15) is 2.74 Å². The minimum atomic E-state index is -0.895. The van der Waals surface area contributed by atoms with E-state index >= 15 is 0 Å². The van der Waals surface area contributed by atoms with Gasteiger partial charge in [-0.1, -0.05) is 121 Å². The molecule has 2 aliphatic rings. The summed E-state index contributed by atoms with van der Waals surface area (Å²) in [6.45, 7) is -0.895. The molecule has 5 nitrogen and oxygen atoms in total. The number of fused-ring (bicyclic) bond motifs is 13. The van der Waals surface area contributed by atoms with Crippen molar-refractivity contribution in [1.82, 2.24) is 13.7 Å². The van der Waals surface area contributed by atoms with Crippen molar-refractivity contribution in [3.8, 4) is 40.1 Å². The Kier molecular flexibility index (Phi) is 3.37. The fourth-order valence-electron chi connectivity index (χ4n) is 8.90. The van der Waals surface area contributed by atoms with Crippen molar-refractivity contribution in [2.75, 3.05) is 0 Å². The van der Waals surface area contributed by atoms with Crippen LogP contribution >= 0.6 is 0 Å². The molecule has 0 aliphatic carbocycles. The predicted octanol–water partition coefficient (Wildman–Crippen LogP) is 11.7. The van der Waals surface area contributed by atoms with Gasteiger partial charge in [0.2, 0.25) is 0 Å². The summed E-state index contributed by atoms with van der Waals surface area (Å²) in [6.07, 6.45) is 0. The molecule has 0 bridgehead atoms. The number of rotatable bonds is 3. The van der Waals surface area contributed by atoms with Gasteiger partial charge in [-0.05, 0) is 59.3 Å². The van der Waals surface area contributed by atoms with Gasteiger partial charge in [-0.3, -0.25) is 0 Å². The Balaban J connectivity index is 1.09. The topological polar surface area (TPSA) is 33.2 Å². The number of para-hydroxylation sites is 6. The van der Waals surface area contributed by atoms with Crippen LogP contribution in [0.3, 0.4) is 0 Å². The van der Waals surface area contributed by atoms with E-state index in [1.165, 1.54) is 38.0 Å². The number of benzene rings is 9. The number of ether oxygens (including phenoxy) is 2. The van der Waals surface area contributed by atoms with Crippen LogP contribution in [-0.4, -0.2) is 20.4 Å². The molecule has 0 atom stereocenters. The second kappa shape index (κ2) is 11.8. The number of hydrogen-bond acceptors (Lipinski definition) is 2. The fourth-order valence-corrected chi connectivity index (χ4v) is 8.90. The maximum Gasteiger partial charge on any atom is 0.260 e. The zero-order valence-corrected chi connectivity index (χ0v) is 30.4. The van der Waals surface area contributed by atoms with Crippen molar-refractivity contribution < 1.29 is 42.4 Å². The lowest BCUT2D eigenvalue weighted by Gasteiger charge is -2.34. The summed E-state index contributed by atoms with van der Waals surface area (Å²) in [5.41, 5.74) is 0.299. The molecule has 0 fully saturated rings. The molecule has 278 valence electrons. The molecule has 2 aliphatic heterocycles. The summed E-state index contributed by atoms with van der Waals surface area (Å²) in [7, 11) is 0. The molecule has 14 rings (SSSR count). The second-order valence-electron chi connectivity index (χ2n) is 14.3. The Bertz CT molecular complexity index is 4760. The summed E-state index contributed by atoms with van der Waals surface area (Å²) in [5.74, 6) is 0.206. The standard InChI is InChI=1S/C54H32BN3O2/c1-7-19-44-36(13-1)37-14-2-8-20-45(37)56(44)33-25-27-42-50(29-33)59-52-31-35(58-48-23-11-5-17-40(48)41-18-6-12-24-49(41)58)32-53-54(52)55(42)43-28-26-34(30-51(43)60-53)57-46-21-9-3-15-38(46)39-16-4-10-22-47(39)57/h1-32H/i1D,2D,3D,4D,5D,6D,7D,8D,9D,10D,11D,12D,13D,14D,15D,16D,17D,18D,19D,20D,21D,22D,23D,24D. The van der Waals surface area contributed by atoms with Crippen LogP contribution in [0.5, 0.6) is 23.0 Å². The number of hydrogen-bond donors (Lipinski definition) is 0. The first-order valence-corrected chi connectivity index (χ1v) is 18.6. The Morgan fingerprint density at radius 2 is 0.617 bits per heavy atom. The maximum atomic E-state index is 9.26. The van der Waals surface area contributed by atoms with Gasteiger partial charge in [-0.2, -0.15) is 0 Å². The van der Waals surface area contributed by atoms with Gasteiger partial charge in [-0.25, -0.2) is 0 Å². The zero-order chi connectivity index (χ0) is 59.9. The van der Waals surface area contributed by atoms with Crippen LogP contribution in [0.4, 0.5) is 0 Å². The minimum absolute atomic E-state index is 0.000511. The van der Waals surface area contributed by atoms with Crippen molar-refractivity contribution in [3.05, 3.63) is 194 Å². The van der Waals surface area contributed by atoms with Gasteiger partial charge >= 0.3 is 0 Å². The summed E-state index contributed by atoms with van der Waals surface area (Å²) < 4.78 is 231. The molecule has 0 spiro atoms. The van der Waals surface area contributed by atoms with Crippen molar-refractivity contribution in [2.24, 2.45) is 0 Å². The highest BCUT2D eigenvalue weighted by Gasteiger charge is 2.41. The van der Waals surface area contributed by atoms with E-state index in [0.29, 0.717) is 16.4 Å². The van der Waals surface area contributed by atoms with Crippen molar-refractivity contribution in [1.29, 1.82) is 0 Å². The van der Waals surface area contributed by atoms with Crippen molar-refractivity contribution in [3.63, 3.8) is 0 Å². The van der Waals surface area contributed by atoms with Crippen molar-refractivity contribution >= 4 is 88.5 Å². The van der Waals surface area contributed by atoms with E-state index < -0.39 is 152 Å². The third-order valence-electron chi connectivity index (χ3n) is 11.3. The first-order chi connectivity index (χ1) is 39.7. The Morgan fingerprint density at radius 3 is 0.950 bits per heavy atom. The van der Waals surface area contributed by atoms with Crippen LogP contribution in [0.25, 0.3) is 82.5 Å². The summed E-state index contributed by atoms with van der Waals surface area (Å²) in [4.78, 5) is 0. The first-order valence-electron chi connectivity index (χ1n) is 30.6. The van der Waals surface area contributed by atoms with Crippen molar-refractivity contribution in [2.45, 2.75) is 0 Å². The van der Waals surface area contributed by atoms with Gasteiger partial charge in [0.15, 0.2) is 0 Å². The van der Waals surface area contributed by atoms with Gasteiger partial charge in [-0.15, -0.1) is 0 Å². The Morgan fingerprint density at radius 1 is 0.333 bits per heavy atom. The third-order valence-corrected chi connectivity index (χ3v) is 11.3. The summed E-state index contributed by atoms with van der Waals surface area (Å²) >= 11 is 0. The van der Waals surface area contributed by atoms with Crippen LogP contribution in [-0.2, 0) is 0 Å². The maximum absolute atomic E-state index is 9.26. The third kappa shape index (κ3) is 4.26. The largest absolute Gasteiger partial charge is 0.458 e. The monoisotopic (exact) mass is 789 g/mol. The smallest absolute Gasteiger partial charge is 0.260 e. The molecule has 0 amide bonds.